The highest BCUT2D eigenvalue weighted by Crippen LogP contribution is 2.24. The smallest absolute Gasteiger partial charge is 0.120 e. The van der Waals surface area contributed by atoms with Crippen LogP contribution >= 0.6 is 0 Å². The normalized spacial score (nSPS) is 11.1. The highest BCUT2D eigenvalue weighted by atomic mass is 16.5. The molecule has 0 unspecified atom stereocenters. The number of ether oxygens (including phenoxy) is 1. The minimum absolute atomic E-state index is 0.546. The minimum atomic E-state index is 0.546. The fourth-order valence-electron chi connectivity index (χ4n) is 1.87. The molecule has 2 rings (SSSR count). The predicted octanol–water partition coefficient (Wildman–Crippen LogP) is 3.30. The van der Waals surface area contributed by atoms with Crippen LogP contribution in [0, 0.1) is 0 Å². The van der Waals surface area contributed by atoms with E-state index in [4.69, 9.17) is 10.5 Å². The Morgan fingerprint density at radius 2 is 1.76 bits per heavy atom. The lowest BCUT2D eigenvalue weighted by Crippen LogP contribution is -2.10. The number of hydrogen-bond acceptors (Lipinski definition) is 2. The second kappa shape index (κ2) is 5.19. The first-order valence-electron chi connectivity index (χ1n) is 6.07. The summed E-state index contributed by atoms with van der Waals surface area (Å²) in [6.45, 7) is 5.53. The largest absolute Gasteiger partial charge is 0.492 e. The van der Waals surface area contributed by atoms with Crippen molar-refractivity contribution in [3.05, 3.63) is 42.0 Å². The Morgan fingerprint density at radius 3 is 2.47 bits per heavy atom. The van der Waals surface area contributed by atoms with Gasteiger partial charge in [-0.05, 0) is 34.4 Å². The molecule has 0 aromatic heterocycles. The van der Waals surface area contributed by atoms with Gasteiger partial charge in [0.2, 0.25) is 0 Å². The maximum atomic E-state index is 5.52. The molecule has 0 heterocycles. The number of nitrogens with two attached hydrogens (primary N) is 1. The first-order valence-corrected chi connectivity index (χ1v) is 6.07. The van der Waals surface area contributed by atoms with Crippen molar-refractivity contribution >= 4 is 10.8 Å². The van der Waals surface area contributed by atoms with Gasteiger partial charge < -0.3 is 10.5 Å². The molecule has 2 heteroatoms. The number of hydrogen-bond donors (Lipinski definition) is 1. The Bertz CT molecular complexity index is 505. The van der Waals surface area contributed by atoms with Gasteiger partial charge in [-0.3, -0.25) is 0 Å². The van der Waals surface area contributed by atoms with Crippen LogP contribution in [0.2, 0.25) is 0 Å². The quantitative estimate of drug-likeness (QED) is 0.873. The third-order valence-corrected chi connectivity index (χ3v) is 2.89. The van der Waals surface area contributed by atoms with E-state index in [1.165, 1.54) is 16.3 Å². The molecule has 0 aliphatic carbocycles. The maximum absolute atomic E-state index is 5.52. The molecular formula is C15H19NO. The molecule has 0 aliphatic rings. The van der Waals surface area contributed by atoms with Gasteiger partial charge in [0.15, 0.2) is 0 Å². The molecule has 17 heavy (non-hydrogen) atoms. The van der Waals surface area contributed by atoms with Crippen LogP contribution < -0.4 is 10.5 Å². The lowest BCUT2D eigenvalue weighted by molar-refractivity contribution is 0.329. The molecule has 0 atom stereocenters. The van der Waals surface area contributed by atoms with Crippen molar-refractivity contribution in [2.24, 2.45) is 5.73 Å². The van der Waals surface area contributed by atoms with E-state index in [9.17, 15) is 0 Å². The van der Waals surface area contributed by atoms with Crippen LogP contribution in [-0.4, -0.2) is 13.2 Å². The summed E-state index contributed by atoms with van der Waals surface area (Å²) in [4.78, 5) is 0. The van der Waals surface area contributed by atoms with E-state index in [1.54, 1.807) is 0 Å². The van der Waals surface area contributed by atoms with Gasteiger partial charge in [-0.25, -0.2) is 0 Å². The lowest BCUT2D eigenvalue weighted by atomic mass is 9.99. The average molecular weight is 229 g/mol. The zero-order valence-electron chi connectivity index (χ0n) is 10.4. The zero-order valence-corrected chi connectivity index (χ0v) is 10.4. The van der Waals surface area contributed by atoms with Crippen LogP contribution in [0.5, 0.6) is 5.75 Å². The molecule has 0 spiro atoms. The second-order valence-electron chi connectivity index (χ2n) is 4.56. The molecule has 0 fully saturated rings. The second-order valence-corrected chi connectivity index (χ2v) is 4.56. The Balaban J connectivity index is 2.33. The van der Waals surface area contributed by atoms with E-state index in [-0.39, 0.29) is 0 Å². The molecule has 90 valence electrons. The maximum Gasteiger partial charge on any atom is 0.120 e. The van der Waals surface area contributed by atoms with E-state index in [0.717, 1.165) is 5.75 Å². The van der Waals surface area contributed by atoms with Gasteiger partial charge in [-0.1, -0.05) is 38.1 Å². The summed E-state index contributed by atoms with van der Waals surface area (Å²) in [6, 6.07) is 12.7. The first kappa shape index (κ1) is 11.9. The molecule has 0 saturated heterocycles. The monoisotopic (exact) mass is 229 g/mol. The molecule has 0 aliphatic heterocycles. The van der Waals surface area contributed by atoms with Crippen LogP contribution in [0.3, 0.4) is 0 Å². The Hall–Kier alpha value is -1.54. The number of fused-ring (bicyclic) bond motifs is 1. The van der Waals surface area contributed by atoms with Crippen LogP contribution in [0.1, 0.15) is 25.3 Å². The molecule has 2 N–H and O–H groups in total. The summed E-state index contributed by atoms with van der Waals surface area (Å²) in [5, 5.41) is 2.47. The molecule has 2 nitrogen and oxygen atoms in total. The molecule has 2 aromatic rings. The van der Waals surface area contributed by atoms with Gasteiger partial charge in [0.25, 0.3) is 0 Å². The SMILES string of the molecule is CC(C)c1ccc2cc(OCCN)ccc2c1. The molecule has 0 saturated carbocycles. The van der Waals surface area contributed by atoms with Gasteiger partial charge >= 0.3 is 0 Å². The third kappa shape index (κ3) is 2.77. The summed E-state index contributed by atoms with van der Waals surface area (Å²) in [7, 11) is 0. The van der Waals surface area contributed by atoms with E-state index in [0.29, 0.717) is 19.1 Å². The Labute approximate surface area is 102 Å². The van der Waals surface area contributed by atoms with Gasteiger partial charge in [0.05, 0.1) is 0 Å². The van der Waals surface area contributed by atoms with Crippen LogP contribution in [0.15, 0.2) is 36.4 Å². The van der Waals surface area contributed by atoms with Crippen molar-refractivity contribution in [3.63, 3.8) is 0 Å². The van der Waals surface area contributed by atoms with Crippen LogP contribution in [0.4, 0.5) is 0 Å². The van der Waals surface area contributed by atoms with E-state index >= 15 is 0 Å². The molecule has 0 radical (unpaired) electrons. The van der Waals surface area contributed by atoms with Crippen molar-refractivity contribution in [2.45, 2.75) is 19.8 Å². The van der Waals surface area contributed by atoms with Gasteiger partial charge in [-0.2, -0.15) is 0 Å². The Morgan fingerprint density at radius 1 is 1.06 bits per heavy atom. The zero-order chi connectivity index (χ0) is 12.3. The van der Waals surface area contributed by atoms with E-state index in [2.05, 4.69) is 44.2 Å². The minimum Gasteiger partial charge on any atom is -0.492 e. The standard InChI is InChI=1S/C15H19NO/c1-11(2)12-3-4-14-10-15(17-8-7-16)6-5-13(14)9-12/h3-6,9-11H,7-8,16H2,1-2H3. The molecule has 0 amide bonds. The summed E-state index contributed by atoms with van der Waals surface area (Å²) < 4.78 is 5.52. The predicted molar refractivity (Wildman–Crippen MR) is 72.6 cm³/mol. The van der Waals surface area contributed by atoms with Crippen molar-refractivity contribution in [1.82, 2.24) is 0 Å². The van der Waals surface area contributed by atoms with Crippen LogP contribution in [0.25, 0.3) is 10.8 Å². The van der Waals surface area contributed by atoms with E-state index in [1.807, 2.05) is 6.07 Å². The highest BCUT2D eigenvalue weighted by molar-refractivity contribution is 5.84. The highest BCUT2D eigenvalue weighted by Gasteiger charge is 2.02. The van der Waals surface area contributed by atoms with Crippen molar-refractivity contribution in [2.75, 3.05) is 13.2 Å². The van der Waals surface area contributed by atoms with Crippen molar-refractivity contribution in [1.29, 1.82) is 0 Å². The van der Waals surface area contributed by atoms with E-state index < -0.39 is 0 Å². The fourth-order valence-corrected chi connectivity index (χ4v) is 1.87. The fraction of sp³-hybridized carbons (Fsp3) is 0.333. The topological polar surface area (TPSA) is 35.2 Å². The van der Waals surface area contributed by atoms with Gasteiger partial charge in [0.1, 0.15) is 12.4 Å². The summed E-state index contributed by atoms with van der Waals surface area (Å²) in [5.74, 6) is 1.45. The lowest BCUT2D eigenvalue weighted by Gasteiger charge is -2.09. The molecular weight excluding hydrogens is 210 g/mol. The van der Waals surface area contributed by atoms with Gasteiger partial charge in [0, 0.05) is 6.54 Å². The third-order valence-electron chi connectivity index (χ3n) is 2.89. The first-order chi connectivity index (χ1) is 8.20. The average Bonchev–Trinajstić information content (AvgIpc) is 2.35. The number of rotatable bonds is 4. The van der Waals surface area contributed by atoms with Crippen molar-refractivity contribution in [3.8, 4) is 5.75 Å². The van der Waals surface area contributed by atoms with Gasteiger partial charge in [-0.15, -0.1) is 0 Å². The number of benzene rings is 2. The van der Waals surface area contributed by atoms with Crippen molar-refractivity contribution < 1.29 is 4.74 Å². The summed E-state index contributed by atoms with van der Waals surface area (Å²) >= 11 is 0. The molecule has 2 aromatic carbocycles. The van der Waals surface area contributed by atoms with Crippen LogP contribution in [-0.2, 0) is 0 Å². The summed E-state index contributed by atoms with van der Waals surface area (Å²) in [6.07, 6.45) is 0. The molecule has 0 bridgehead atoms. The summed E-state index contributed by atoms with van der Waals surface area (Å²) in [5.41, 5.74) is 6.79. The Kier molecular flexibility index (Phi) is 3.64.